The van der Waals surface area contributed by atoms with Crippen molar-refractivity contribution in [3.63, 3.8) is 0 Å². The van der Waals surface area contributed by atoms with Gasteiger partial charge < -0.3 is 15.5 Å². The van der Waals surface area contributed by atoms with Gasteiger partial charge in [-0.25, -0.2) is 0 Å². The van der Waals surface area contributed by atoms with E-state index in [0.717, 1.165) is 32.1 Å². The number of likely N-dealkylation sites (N-methyl/N-ethyl adjacent to an activating group) is 1. The normalized spacial score (nSPS) is 29.6. The highest BCUT2D eigenvalue weighted by atomic mass is 16.2. The minimum atomic E-state index is -0.709. The number of carbonyl (C=O) groups is 2. The lowest BCUT2D eigenvalue weighted by molar-refractivity contribution is -0.157. The van der Waals surface area contributed by atoms with Crippen LogP contribution in [0.2, 0.25) is 0 Å². The third kappa shape index (κ3) is 3.57. The minimum absolute atomic E-state index is 0.0331. The fourth-order valence-corrected chi connectivity index (χ4v) is 3.59. The topological polar surface area (TPSA) is 66.6 Å². The molecule has 120 valence electrons. The van der Waals surface area contributed by atoms with Crippen molar-refractivity contribution in [2.75, 3.05) is 20.1 Å². The summed E-state index contributed by atoms with van der Waals surface area (Å²) in [5.41, 5.74) is 5.21. The molecule has 0 atom stereocenters. The maximum atomic E-state index is 12.5. The Labute approximate surface area is 127 Å². The Morgan fingerprint density at radius 3 is 2.48 bits per heavy atom. The van der Waals surface area contributed by atoms with Gasteiger partial charge in [0.2, 0.25) is 11.8 Å². The molecule has 2 amide bonds. The summed E-state index contributed by atoms with van der Waals surface area (Å²) >= 11 is 0. The molecule has 1 aliphatic heterocycles. The van der Waals surface area contributed by atoms with E-state index < -0.39 is 5.54 Å². The van der Waals surface area contributed by atoms with E-state index in [-0.39, 0.29) is 11.8 Å². The Hall–Kier alpha value is -1.10. The zero-order valence-electron chi connectivity index (χ0n) is 13.6. The SMILES string of the molecule is CN1CCN(C(=O)CCC2CCC(N)CC2)C(C)(C)C1=O. The fraction of sp³-hybridized carbons (Fsp3) is 0.875. The second kappa shape index (κ2) is 6.34. The maximum Gasteiger partial charge on any atom is 0.247 e. The van der Waals surface area contributed by atoms with E-state index in [0.29, 0.717) is 31.5 Å². The highest BCUT2D eigenvalue weighted by Gasteiger charge is 2.42. The minimum Gasteiger partial charge on any atom is -0.342 e. The van der Waals surface area contributed by atoms with Crippen LogP contribution in [0.3, 0.4) is 0 Å². The number of nitrogens with two attached hydrogens (primary N) is 1. The monoisotopic (exact) mass is 295 g/mol. The Bertz CT molecular complexity index is 400. The van der Waals surface area contributed by atoms with E-state index in [2.05, 4.69) is 0 Å². The average Bonchev–Trinajstić information content (AvgIpc) is 2.44. The summed E-state index contributed by atoms with van der Waals surface area (Å²) in [5, 5.41) is 0. The van der Waals surface area contributed by atoms with Crippen LogP contribution in [0, 0.1) is 5.92 Å². The van der Waals surface area contributed by atoms with Crippen LogP contribution in [0.4, 0.5) is 0 Å². The summed E-state index contributed by atoms with van der Waals surface area (Å²) in [6, 6.07) is 0.353. The summed E-state index contributed by atoms with van der Waals surface area (Å²) < 4.78 is 0. The molecule has 2 rings (SSSR count). The largest absolute Gasteiger partial charge is 0.342 e. The molecule has 0 aromatic heterocycles. The molecule has 0 bridgehead atoms. The first-order valence-electron chi connectivity index (χ1n) is 8.14. The summed E-state index contributed by atoms with van der Waals surface area (Å²) in [7, 11) is 1.80. The standard InChI is InChI=1S/C16H29N3O2/c1-16(2)15(21)18(3)10-11-19(16)14(20)9-6-12-4-7-13(17)8-5-12/h12-13H,4-11,17H2,1-3H3. The lowest BCUT2D eigenvalue weighted by Crippen LogP contribution is -2.63. The Kier molecular flexibility index (Phi) is 4.91. The van der Waals surface area contributed by atoms with Crippen molar-refractivity contribution < 1.29 is 9.59 Å². The third-order valence-electron chi connectivity index (χ3n) is 5.16. The Morgan fingerprint density at radius 1 is 1.24 bits per heavy atom. The van der Waals surface area contributed by atoms with Crippen molar-refractivity contribution in [2.24, 2.45) is 11.7 Å². The summed E-state index contributed by atoms with van der Waals surface area (Å²) in [6.07, 6.45) is 5.93. The van der Waals surface area contributed by atoms with E-state index in [9.17, 15) is 9.59 Å². The molecular weight excluding hydrogens is 266 g/mol. The van der Waals surface area contributed by atoms with Crippen molar-refractivity contribution in [1.29, 1.82) is 0 Å². The molecule has 1 saturated carbocycles. The molecule has 2 aliphatic rings. The second-order valence-corrected chi connectivity index (χ2v) is 7.15. The van der Waals surface area contributed by atoms with Gasteiger partial charge in [0.05, 0.1) is 0 Å². The van der Waals surface area contributed by atoms with Crippen LogP contribution >= 0.6 is 0 Å². The van der Waals surface area contributed by atoms with E-state index in [1.54, 1.807) is 16.8 Å². The van der Waals surface area contributed by atoms with Gasteiger partial charge in [0.1, 0.15) is 5.54 Å². The van der Waals surface area contributed by atoms with E-state index in [1.165, 1.54) is 0 Å². The molecule has 0 aromatic carbocycles. The number of amides is 2. The molecule has 1 saturated heterocycles. The van der Waals surface area contributed by atoms with Crippen LogP contribution in [0.5, 0.6) is 0 Å². The van der Waals surface area contributed by atoms with Crippen molar-refractivity contribution in [2.45, 2.75) is 64.0 Å². The van der Waals surface area contributed by atoms with Crippen LogP contribution in [-0.2, 0) is 9.59 Å². The maximum absolute atomic E-state index is 12.5. The first kappa shape index (κ1) is 16.3. The predicted octanol–water partition coefficient (Wildman–Crippen LogP) is 1.36. The van der Waals surface area contributed by atoms with Gasteiger partial charge in [-0.3, -0.25) is 9.59 Å². The smallest absolute Gasteiger partial charge is 0.247 e. The van der Waals surface area contributed by atoms with Gasteiger partial charge in [-0.2, -0.15) is 0 Å². The summed E-state index contributed by atoms with van der Waals surface area (Å²) in [6.45, 7) is 4.97. The first-order chi connectivity index (χ1) is 9.82. The van der Waals surface area contributed by atoms with Gasteiger partial charge in [-0.05, 0) is 51.9 Å². The molecule has 5 heteroatoms. The summed E-state index contributed by atoms with van der Waals surface area (Å²) in [4.78, 5) is 28.2. The second-order valence-electron chi connectivity index (χ2n) is 7.15. The Morgan fingerprint density at radius 2 is 1.86 bits per heavy atom. The van der Waals surface area contributed by atoms with Crippen molar-refractivity contribution in [1.82, 2.24) is 9.80 Å². The lowest BCUT2D eigenvalue weighted by atomic mass is 9.83. The molecule has 21 heavy (non-hydrogen) atoms. The average molecular weight is 295 g/mol. The van der Waals surface area contributed by atoms with Crippen molar-refractivity contribution in [3.05, 3.63) is 0 Å². The van der Waals surface area contributed by atoms with Gasteiger partial charge in [-0.15, -0.1) is 0 Å². The molecule has 0 unspecified atom stereocenters. The molecule has 2 N–H and O–H groups in total. The molecule has 2 fully saturated rings. The highest BCUT2D eigenvalue weighted by Crippen LogP contribution is 2.28. The Balaban J connectivity index is 1.87. The van der Waals surface area contributed by atoms with Crippen molar-refractivity contribution >= 4 is 11.8 Å². The van der Waals surface area contributed by atoms with Crippen LogP contribution in [-0.4, -0.2) is 53.3 Å². The van der Waals surface area contributed by atoms with Gasteiger partial charge in [0.25, 0.3) is 0 Å². The quantitative estimate of drug-likeness (QED) is 0.855. The zero-order chi connectivity index (χ0) is 15.6. The van der Waals surface area contributed by atoms with Gasteiger partial charge in [0.15, 0.2) is 0 Å². The lowest BCUT2D eigenvalue weighted by Gasteiger charge is -2.45. The highest BCUT2D eigenvalue weighted by molar-refractivity contribution is 5.91. The zero-order valence-corrected chi connectivity index (χ0v) is 13.6. The molecule has 0 radical (unpaired) electrons. The van der Waals surface area contributed by atoms with Gasteiger partial charge >= 0.3 is 0 Å². The third-order valence-corrected chi connectivity index (χ3v) is 5.16. The molecular formula is C16H29N3O2. The molecule has 1 aliphatic carbocycles. The van der Waals surface area contributed by atoms with Gasteiger partial charge in [0, 0.05) is 32.6 Å². The fourth-order valence-electron chi connectivity index (χ4n) is 3.59. The van der Waals surface area contributed by atoms with E-state index in [1.807, 2.05) is 13.8 Å². The first-order valence-corrected chi connectivity index (χ1v) is 8.14. The van der Waals surface area contributed by atoms with Crippen LogP contribution in [0.1, 0.15) is 52.4 Å². The number of hydrogen-bond donors (Lipinski definition) is 1. The van der Waals surface area contributed by atoms with Crippen LogP contribution in [0.25, 0.3) is 0 Å². The number of hydrogen-bond acceptors (Lipinski definition) is 3. The van der Waals surface area contributed by atoms with Gasteiger partial charge in [-0.1, -0.05) is 0 Å². The summed E-state index contributed by atoms with van der Waals surface area (Å²) in [5.74, 6) is 0.780. The molecule has 1 heterocycles. The van der Waals surface area contributed by atoms with E-state index in [4.69, 9.17) is 5.73 Å². The molecule has 5 nitrogen and oxygen atoms in total. The number of carbonyl (C=O) groups excluding carboxylic acids is 2. The van der Waals surface area contributed by atoms with Crippen LogP contribution in [0.15, 0.2) is 0 Å². The number of rotatable bonds is 3. The van der Waals surface area contributed by atoms with Crippen LogP contribution < -0.4 is 5.73 Å². The predicted molar refractivity (Wildman–Crippen MR) is 82.6 cm³/mol. The van der Waals surface area contributed by atoms with E-state index >= 15 is 0 Å². The number of nitrogens with zero attached hydrogens (tertiary/aromatic N) is 2. The molecule has 0 spiro atoms. The van der Waals surface area contributed by atoms with Crippen molar-refractivity contribution in [3.8, 4) is 0 Å². The molecule has 0 aromatic rings. The number of piperazine rings is 1.